The summed E-state index contributed by atoms with van der Waals surface area (Å²) in [6, 6.07) is 17.7. The van der Waals surface area contributed by atoms with Crippen LogP contribution in [0.25, 0.3) is 5.69 Å². The molecule has 1 heterocycles. The van der Waals surface area contributed by atoms with Crippen molar-refractivity contribution in [3.05, 3.63) is 60.4 Å². The predicted octanol–water partition coefficient (Wildman–Crippen LogP) is 4.65. The molecule has 0 radical (unpaired) electrons. The standard InChI is InChI=1S/C21H24N4O2S2/c1-3-13-28-18-12-8-7-11-17(18)22-20(26)15-29-21-24-23-19(14-27-2)25(21)16-9-5-4-6-10-16/h4-12H,3,13-15H2,1-2H3,(H,22,26). The lowest BCUT2D eigenvalue weighted by Crippen LogP contribution is -2.15. The number of anilines is 1. The van der Waals surface area contributed by atoms with Gasteiger partial charge in [0.05, 0.1) is 11.4 Å². The summed E-state index contributed by atoms with van der Waals surface area (Å²) in [6.45, 7) is 2.49. The number of rotatable bonds is 10. The van der Waals surface area contributed by atoms with Crippen LogP contribution >= 0.6 is 23.5 Å². The first-order valence-corrected chi connectivity index (χ1v) is 11.3. The second kappa shape index (κ2) is 11.0. The van der Waals surface area contributed by atoms with Gasteiger partial charge in [0.1, 0.15) is 6.61 Å². The number of aromatic nitrogens is 3. The predicted molar refractivity (Wildman–Crippen MR) is 119 cm³/mol. The average molecular weight is 429 g/mol. The van der Waals surface area contributed by atoms with Gasteiger partial charge in [-0.05, 0) is 36.4 Å². The highest BCUT2D eigenvalue weighted by Gasteiger charge is 2.16. The molecular weight excluding hydrogens is 404 g/mol. The Morgan fingerprint density at radius 1 is 1.07 bits per heavy atom. The summed E-state index contributed by atoms with van der Waals surface area (Å²) in [5, 5.41) is 12.2. The van der Waals surface area contributed by atoms with Gasteiger partial charge in [0.15, 0.2) is 11.0 Å². The molecular formula is C21H24N4O2S2. The summed E-state index contributed by atoms with van der Waals surface area (Å²) in [6.07, 6.45) is 1.09. The minimum atomic E-state index is -0.0737. The highest BCUT2D eigenvalue weighted by atomic mass is 32.2. The van der Waals surface area contributed by atoms with Crippen LogP contribution in [-0.4, -0.2) is 39.3 Å². The van der Waals surface area contributed by atoms with E-state index in [2.05, 4.69) is 22.4 Å². The Balaban J connectivity index is 1.70. The number of methoxy groups -OCH3 is 1. The van der Waals surface area contributed by atoms with E-state index in [1.165, 1.54) is 11.8 Å². The number of hydrogen-bond donors (Lipinski definition) is 1. The first-order valence-electron chi connectivity index (χ1n) is 9.36. The number of benzene rings is 2. The van der Waals surface area contributed by atoms with Crippen molar-refractivity contribution in [2.75, 3.05) is 23.9 Å². The Hall–Kier alpha value is -2.29. The van der Waals surface area contributed by atoms with Gasteiger partial charge in [0, 0.05) is 17.7 Å². The summed E-state index contributed by atoms with van der Waals surface area (Å²) in [5.74, 6) is 1.88. The molecule has 6 nitrogen and oxygen atoms in total. The molecule has 0 atom stereocenters. The maximum Gasteiger partial charge on any atom is 0.234 e. The Bertz CT molecular complexity index is 931. The SMILES string of the molecule is CCCSc1ccccc1NC(=O)CSc1nnc(COC)n1-c1ccccc1. The van der Waals surface area contributed by atoms with E-state index in [1.807, 2.05) is 59.2 Å². The van der Waals surface area contributed by atoms with Crippen molar-refractivity contribution in [1.82, 2.24) is 14.8 Å². The Morgan fingerprint density at radius 3 is 2.59 bits per heavy atom. The number of carbonyl (C=O) groups excluding carboxylic acids is 1. The number of carbonyl (C=O) groups is 1. The van der Waals surface area contributed by atoms with E-state index in [-0.39, 0.29) is 11.7 Å². The molecule has 8 heteroatoms. The molecule has 1 N–H and O–H groups in total. The van der Waals surface area contributed by atoms with Crippen molar-refractivity contribution in [2.45, 2.75) is 30.0 Å². The average Bonchev–Trinajstić information content (AvgIpc) is 3.15. The zero-order valence-electron chi connectivity index (χ0n) is 16.5. The highest BCUT2D eigenvalue weighted by molar-refractivity contribution is 8.00. The zero-order valence-corrected chi connectivity index (χ0v) is 18.1. The van der Waals surface area contributed by atoms with Gasteiger partial charge >= 0.3 is 0 Å². The number of nitrogens with one attached hydrogen (secondary N) is 1. The van der Waals surface area contributed by atoms with Crippen LogP contribution in [0.3, 0.4) is 0 Å². The fourth-order valence-corrected chi connectivity index (χ4v) is 4.32. The van der Waals surface area contributed by atoms with Gasteiger partial charge < -0.3 is 10.1 Å². The largest absolute Gasteiger partial charge is 0.377 e. The molecule has 0 spiro atoms. The summed E-state index contributed by atoms with van der Waals surface area (Å²) < 4.78 is 7.16. The molecule has 0 saturated carbocycles. The molecule has 1 amide bonds. The van der Waals surface area contributed by atoms with Crippen LogP contribution in [-0.2, 0) is 16.1 Å². The molecule has 0 aliphatic carbocycles. The number of para-hydroxylation sites is 2. The third-order valence-electron chi connectivity index (χ3n) is 3.94. The maximum absolute atomic E-state index is 12.6. The monoisotopic (exact) mass is 428 g/mol. The van der Waals surface area contributed by atoms with Crippen LogP contribution in [0.15, 0.2) is 64.6 Å². The molecule has 0 aliphatic heterocycles. The van der Waals surface area contributed by atoms with Gasteiger partial charge in [-0.2, -0.15) is 0 Å². The normalized spacial score (nSPS) is 10.8. The lowest BCUT2D eigenvalue weighted by Gasteiger charge is -2.11. The van der Waals surface area contributed by atoms with E-state index in [9.17, 15) is 4.79 Å². The fourth-order valence-electron chi connectivity index (χ4n) is 2.68. The lowest BCUT2D eigenvalue weighted by atomic mass is 10.3. The molecule has 1 aromatic heterocycles. The molecule has 2 aromatic carbocycles. The zero-order chi connectivity index (χ0) is 20.5. The summed E-state index contributed by atoms with van der Waals surface area (Å²) in [7, 11) is 1.62. The lowest BCUT2D eigenvalue weighted by molar-refractivity contribution is -0.113. The van der Waals surface area contributed by atoms with E-state index in [0.29, 0.717) is 17.6 Å². The molecule has 0 unspecified atom stereocenters. The smallest absolute Gasteiger partial charge is 0.234 e. The van der Waals surface area contributed by atoms with Crippen LogP contribution in [0.1, 0.15) is 19.2 Å². The van der Waals surface area contributed by atoms with Crippen molar-refractivity contribution < 1.29 is 9.53 Å². The van der Waals surface area contributed by atoms with Gasteiger partial charge in [-0.3, -0.25) is 9.36 Å². The topological polar surface area (TPSA) is 69.0 Å². The summed E-state index contributed by atoms with van der Waals surface area (Å²) >= 11 is 3.10. The molecule has 152 valence electrons. The summed E-state index contributed by atoms with van der Waals surface area (Å²) in [4.78, 5) is 13.7. The van der Waals surface area contributed by atoms with Crippen LogP contribution in [0.4, 0.5) is 5.69 Å². The van der Waals surface area contributed by atoms with Crippen molar-refractivity contribution in [1.29, 1.82) is 0 Å². The molecule has 0 bridgehead atoms. The molecule has 0 fully saturated rings. The minimum Gasteiger partial charge on any atom is -0.377 e. The van der Waals surface area contributed by atoms with Gasteiger partial charge in [0.2, 0.25) is 5.91 Å². The second-order valence-corrected chi connectivity index (χ2v) is 8.26. The van der Waals surface area contributed by atoms with Crippen LogP contribution in [0.2, 0.25) is 0 Å². The van der Waals surface area contributed by atoms with E-state index >= 15 is 0 Å². The Morgan fingerprint density at radius 2 is 1.83 bits per heavy atom. The quantitative estimate of drug-likeness (QED) is 0.474. The van der Waals surface area contributed by atoms with Crippen molar-refractivity contribution in [3.8, 4) is 5.69 Å². The van der Waals surface area contributed by atoms with Gasteiger partial charge in [0.25, 0.3) is 0 Å². The van der Waals surface area contributed by atoms with Crippen molar-refractivity contribution in [2.24, 2.45) is 0 Å². The number of hydrogen-bond acceptors (Lipinski definition) is 6. The summed E-state index contributed by atoms with van der Waals surface area (Å²) in [5.41, 5.74) is 1.79. The molecule has 29 heavy (non-hydrogen) atoms. The van der Waals surface area contributed by atoms with E-state index in [0.717, 1.165) is 28.4 Å². The first kappa shape index (κ1) is 21.4. The van der Waals surface area contributed by atoms with Crippen molar-refractivity contribution in [3.63, 3.8) is 0 Å². The number of nitrogens with zero attached hydrogens (tertiary/aromatic N) is 3. The maximum atomic E-state index is 12.6. The van der Waals surface area contributed by atoms with Gasteiger partial charge in [-0.1, -0.05) is 49.0 Å². The number of amides is 1. The van der Waals surface area contributed by atoms with Crippen molar-refractivity contribution >= 4 is 35.1 Å². The van der Waals surface area contributed by atoms with Gasteiger partial charge in [-0.15, -0.1) is 22.0 Å². The van der Waals surface area contributed by atoms with Crippen LogP contribution in [0.5, 0.6) is 0 Å². The van der Waals surface area contributed by atoms with E-state index in [1.54, 1.807) is 18.9 Å². The number of ether oxygens (including phenoxy) is 1. The number of thioether (sulfide) groups is 2. The third-order valence-corrected chi connectivity index (χ3v) is 6.15. The molecule has 3 aromatic rings. The molecule has 0 saturated heterocycles. The minimum absolute atomic E-state index is 0.0737. The fraction of sp³-hybridized carbons (Fsp3) is 0.286. The molecule has 3 rings (SSSR count). The van der Waals surface area contributed by atoms with E-state index < -0.39 is 0 Å². The van der Waals surface area contributed by atoms with E-state index in [4.69, 9.17) is 4.74 Å². The second-order valence-electron chi connectivity index (χ2n) is 6.18. The van der Waals surface area contributed by atoms with Gasteiger partial charge in [-0.25, -0.2) is 0 Å². The van der Waals surface area contributed by atoms with Crippen LogP contribution < -0.4 is 5.32 Å². The Kier molecular flexibility index (Phi) is 8.15. The first-order chi connectivity index (χ1) is 14.2. The third kappa shape index (κ3) is 5.85. The highest BCUT2D eigenvalue weighted by Crippen LogP contribution is 2.28. The Labute approximate surface area is 179 Å². The van der Waals surface area contributed by atoms with Crippen LogP contribution in [0, 0.1) is 0 Å². The molecule has 0 aliphatic rings.